The highest BCUT2D eigenvalue weighted by molar-refractivity contribution is 6.07. The number of carbonyl (C=O) groups is 1. The normalized spacial score (nSPS) is 37.6. The van der Waals surface area contributed by atoms with Crippen molar-refractivity contribution in [2.24, 2.45) is 22.6 Å². The van der Waals surface area contributed by atoms with Crippen LogP contribution in [0.15, 0.2) is 4.99 Å². The van der Waals surface area contributed by atoms with Gasteiger partial charge in [0.1, 0.15) is 5.54 Å². The predicted molar refractivity (Wildman–Crippen MR) is 50.1 cm³/mol. The summed E-state index contributed by atoms with van der Waals surface area (Å²) >= 11 is 0. The molecular weight excluding hydrogens is 166 g/mol. The van der Waals surface area contributed by atoms with Crippen molar-refractivity contribution in [2.75, 3.05) is 0 Å². The molecule has 1 aliphatic heterocycles. The monoisotopic (exact) mass is 181 g/mol. The summed E-state index contributed by atoms with van der Waals surface area (Å²) in [5.41, 5.74) is 4.96. The van der Waals surface area contributed by atoms with Gasteiger partial charge in [0.15, 0.2) is 5.96 Å². The van der Waals surface area contributed by atoms with Gasteiger partial charge in [0.2, 0.25) is 0 Å². The Morgan fingerprint density at radius 1 is 1.62 bits per heavy atom. The van der Waals surface area contributed by atoms with Crippen molar-refractivity contribution in [3.63, 3.8) is 0 Å². The van der Waals surface area contributed by atoms with Gasteiger partial charge < -0.3 is 5.73 Å². The Labute approximate surface area is 77.6 Å². The molecule has 4 heteroatoms. The molecular formula is C9H15N3O. The molecule has 1 heterocycles. The van der Waals surface area contributed by atoms with E-state index < -0.39 is 5.54 Å². The maximum Gasteiger partial charge on any atom is 0.254 e. The van der Waals surface area contributed by atoms with Crippen molar-refractivity contribution < 1.29 is 4.79 Å². The van der Waals surface area contributed by atoms with Crippen LogP contribution < -0.4 is 11.1 Å². The van der Waals surface area contributed by atoms with Gasteiger partial charge in [0.05, 0.1) is 0 Å². The second-order valence-corrected chi connectivity index (χ2v) is 4.40. The third-order valence-electron chi connectivity index (χ3n) is 3.14. The van der Waals surface area contributed by atoms with E-state index in [4.69, 9.17) is 5.73 Å². The van der Waals surface area contributed by atoms with E-state index in [1.807, 2.05) is 0 Å². The Kier molecular flexibility index (Phi) is 1.62. The molecule has 3 N–H and O–H groups in total. The topological polar surface area (TPSA) is 67.5 Å². The number of nitrogens with two attached hydrogens (primary N) is 1. The summed E-state index contributed by atoms with van der Waals surface area (Å²) in [7, 11) is 0. The summed E-state index contributed by atoms with van der Waals surface area (Å²) in [6.07, 6.45) is 1.72. The number of guanidine groups is 1. The van der Waals surface area contributed by atoms with Crippen LogP contribution in [-0.2, 0) is 4.79 Å². The van der Waals surface area contributed by atoms with Gasteiger partial charge >= 0.3 is 0 Å². The number of hydrogen-bond donors (Lipinski definition) is 2. The zero-order valence-electron chi connectivity index (χ0n) is 8.00. The van der Waals surface area contributed by atoms with Crippen molar-refractivity contribution in [2.45, 2.75) is 32.2 Å². The molecule has 72 valence electrons. The van der Waals surface area contributed by atoms with Crippen LogP contribution in [0.25, 0.3) is 0 Å². The fraction of sp³-hybridized carbons (Fsp3) is 0.778. The van der Waals surface area contributed by atoms with Crippen molar-refractivity contribution in [1.29, 1.82) is 0 Å². The van der Waals surface area contributed by atoms with Crippen LogP contribution in [0.2, 0.25) is 0 Å². The smallest absolute Gasteiger partial charge is 0.254 e. The minimum Gasteiger partial charge on any atom is -0.370 e. The van der Waals surface area contributed by atoms with Crippen LogP contribution >= 0.6 is 0 Å². The number of carbonyl (C=O) groups excluding carboxylic acids is 1. The van der Waals surface area contributed by atoms with E-state index in [2.05, 4.69) is 24.2 Å². The van der Waals surface area contributed by atoms with Crippen molar-refractivity contribution in [1.82, 2.24) is 5.32 Å². The lowest BCUT2D eigenvalue weighted by molar-refractivity contribution is -0.128. The summed E-state index contributed by atoms with van der Waals surface area (Å²) in [6.45, 7) is 4.36. The summed E-state index contributed by atoms with van der Waals surface area (Å²) < 4.78 is 0. The molecule has 1 amide bonds. The number of amides is 1. The molecule has 0 aromatic carbocycles. The van der Waals surface area contributed by atoms with Gasteiger partial charge in [-0.3, -0.25) is 10.1 Å². The highest BCUT2D eigenvalue weighted by atomic mass is 16.2. The first-order chi connectivity index (χ1) is 6.03. The first kappa shape index (κ1) is 8.53. The zero-order valence-corrected chi connectivity index (χ0v) is 8.00. The summed E-state index contributed by atoms with van der Waals surface area (Å²) in [4.78, 5) is 15.6. The molecule has 2 rings (SSSR count). The van der Waals surface area contributed by atoms with Gasteiger partial charge in [-0.1, -0.05) is 13.8 Å². The fourth-order valence-corrected chi connectivity index (χ4v) is 2.10. The van der Waals surface area contributed by atoms with E-state index >= 15 is 0 Å². The zero-order chi connectivity index (χ0) is 9.64. The summed E-state index contributed by atoms with van der Waals surface area (Å²) in [6, 6.07) is 0. The average molecular weight is 181 g/mol. The van der Waals surface area contributed by atoms with Crippen LogP contribution in [0.5, 0.6) is 0 Å². The van der Waals surface area contributed by atoms with Crippen LogP contribution in [0.4, 0.5) is 0 Å². The molecule has 4 nitrogen and oxygen atoms in total. The van der Waals surface area contributed by atoms with Crippen LogP contribution in [0.1, 0.15) is 26.7 Å². The minimum atomic E-state index is -0.487. The first-order valence-corrected chi connectivity index (χ1v) is 4.70. The maximum atomic E-state index is 11.5. The van der Waals surface area contributed by atoms with Gasteiger partial charge in [-0.15, -0.1) is 0 Å². The van der Waals surface area contributed by atoms with Gasteiger partial charge in [-0.2, -0.15) is 0 Å². The SMILES string of the molecule is CC(C)C1CC2(C1)N=C(N)NC2=O. The lowest BCUT2D eigenvalue weighted by Crippen LogP contribution is -2.51. The third-order valence-corrected chi connectivity index (χ3v) is 3.14. The van der Waals surface area contributed by atoms with E-state index in [0.717, 1.165) is 12.8 Å². The Balaban J connectivity index is 2.07. The molecule has 13 heavy (non-hydrogen) atoms. The fourth-order valence-electron chi connectivity index (χ4n) is 2.10. The van der Waals surface area contributed by atoms with Crippen molar-refractivity contribution in [3.05, 3.63) is 0 Å². The second-order valence-electron chi connectivity index (χ2n) is 4.40. The molecule has 1 fully saturated rings. The van der Waals surface area contributed by atoms with Gasteiger partial charge in [0.25, 0.3) is 5.91 Å². The average Bonchev–Trinajstić information content (AvgIpc) is 2.21. The quantitative estimate of drug-likeness (QED) is 0.608. The third kappa shape index (κ3) is 1.12. The van der Waals surface area contributed by atoms with E-state index in [1.54, 1.807) is 0 Å². The molecule has 1 saturated carbocycles. The summed E-state index contributed by atoms with van der Waals surface area (Å²) in [5, 5.41) is 2.56. The largest absolute Gasteiger partial charge is 0.370 e. The lowest BCUT2D eigenvalue weighted by atomic mass is 9.64. The van der Waals surface area contributed by atoms with E-state index in [-0.39, 0.29) is 11.9 Å². The maximum absolute atomic E-state index is 11.5. The molecule has 0 aromatic heterocycles. The van der Waals surface area contributed by atoms with Crippen molar-refractivity contribution in [3.8, 4) is 0 Å². The summed E-state index contributed by atoms with van der Waals surface area (Å²) in [5.74, 6) is 1.53. The molecule has 0 aromatic rings. The molecule has 0 unspecified atom stereocenters. The first-order valence-electron chi connectivity index (χ1n) is 4.70. The predicted octanol–water partition coefficient (Wildman–Crippen LogP) is 0.236. The van der Waals surface area contributed by atoms with E-state index in [0.29, 0.717) is 11.8 Å². The molecule has 0 bridgehead atoms. The molecule has 1 spiro atoms. The molecule has 0 saturated heterocycles. The number of rotatable bonds is 1. The highest BCUT2D eigenvalue weighted by Gasteiger charge is 2.53. The number of hydrogen-bond acceptors (Lipinski definition) is 3. The van der Waals surface area contributed by atoms with Crippen LogP contribution in [0, 0.1) is 11.8 Å². The number of nitrogens with one attached hydrogen (secondary N) is 1. The molecule has 1 aliphatic carbocycles. The second kappa shape index (κ2) is 2.47. The number of nitrogens with zero attached hydrogens (tertiary/aromatic N) is 1. The van der Waals surface area contributed by atoms with Crippen molar-refractivity contribution >= 4 is 11.9 Å². The molecule has 0 radical (unpaired) electrons. The molecule has 2 aliphatic rings. The Morgan fingerprint density at radius 2 is 2.23 bits per heavy atom. The Hall–Kier alpha value is -1.06. The van der Waals surface area contributed by atoms with Crippen LogP contribution in [-0.4, -0.2) is 17.4 Å². The highest BCUT2D eigenvalue weighted by Crippen LogP contribution is 2.46. The lowest BCUT2D eigenvalue weighted by Gasteiger charge is -2.42. The van der Waals surface area contributed by atoms with Gasteiger partial charge in [-0.25, -0.2) is 4.99 Å². The standard InChI is InChI=1S/C9H15N3O/c1-5(2)6-3-9(4-6)7(13)11-8(10)12-9/h5-6H,3-4H2,1-2H3,(H3,10,11,12,13). The Morgan fingerprint density at radius 3 is 2.62 bits per heavy atom. The molecule has 0 atom stereocenters. The van der Waals surface area contributed by atoms with E-state index in [1.165, 1.54) is 0 Å². The van der Waals surface area contributed by atoms with Gasteiger partial charge in [0, 0.05) is 0 Å². The minimum absolute atomic E-state index is 0.0121. The van der Waals surface area contributed by atoms with Crippen LogP contribution in [0.3, 0.4) is 0 Å². The Bertz CT molecular complexity index is 277. The van der Waals surface area contributed by atoms with E-state index in [9.17, 15) is 4.79 Å². The van der Waals surface area contributed by atoms with Gasteiger partial charge in [-0.05, 0) is 24.7 Å². The number of aliphatic imine (C=N–C) groups is 1.